The molecule has 1 saturated heterocycles. The Labute approximate surface area is 145 Å². The minimum Gasteiger partial charge on any atom is -0.336 e. The molecule has 3 aromatic rings. The van der Waals surface area contributed by atoms with Crippen LogP contribution in [-0.2, 0) is 13.6 Å². The zero-order valence-corrected chi connectivity index (χ0v) is 14.3. The van der Waals surface area contributed by atoms with Crippen LogP contribution in [0.1, 0.15) is 16.2 Å². The van der Waals surface area contributed by atoms with Gasteiger partial charge in [-0.3, -0.25) is 14.5 Å². The predicted molar refractivity (Wildman–Crippen MR) is 92.8 cm³/mol. The third-order valence-corrected chi connectivity index (χ3v) is 4.72. The lowest BCUT2D eigenvalue weighted by Gasteiger charge is -2.39. The standard InChI is InChI=1S/C18H20N6O/c1-13-9-20-17(15-3-6-19-7-4-15)24(13)12-14-10-23(11-14)18(25)16-5-8-21-22(16)2/h3-9,14H,10-12H2,1-2H3. The summed E-state index contributed by atoms with van der Waals surface area (Å²) >= 11 is 0. The second-order valence-electron chi connectivity index (χ2n) is 6.49. The van der Waals surface area contributed by atoms with E-state index in [1.807, 2.05) is 23.2 Å². The number of carbonyl (C=O) groups excluding carboxylic acids is 1. The number of amides is 1. The van der Waals surface area contributed by atoms with E-state index in [0.29, 0.717) is 11.6 Å². The maximum absolute atomic E-state index is 12.5. The molecule has 0 aliphatic carbocycles. The van der Waals surface area contributed by atoms with Crippen molar-refractivity contribution in [2.45, 2.75) is 13.5 Å². The lowest BCUT2D eigenvalue weighted by molar-refractivity contribution is 0.0457. The number of hydrogen-bond donors (Lipinski definition) is 0. The van der Waals surface area contributed by atoms with Crippen molar-refractivity contribution in [1.29, 1.82) is 0 Å². The van der Waals surface area contributed by atoms with Gasteiger partial charge in [-0.2, -0.15) is 5.10 Å². The van der Waals surface area contributed by atoms with Crippen molar-refractivity contribution in [2.24, 2.45) is 13.0 Å². The zero-order valence-electron chi connectivity index (χ0n) is 14.3. The number of hydrogen-bond acceptors (Lipinski definition) is 4. The molecule has 4 heterocycles. The summed E-state index contributed by atoms with van der Waals surface area (Å²) in [6.45, 7) is 4.45. The molecular weight excluding hydrogens is 316 g/mol. The fourth-order valence-electron chi connectivity index (χ4n) is 3.28. The van der Waals surface area contributed by atoms with Crippen LogP contribution in [0, 0.1) is 12.8 Å². The van der Waals surface area contributed by atoms with E-state index in [1.54, 1.807) is 36.4 Å². The molecule has 25 heavy (non-hydrogen) atoms. The Hall–Kier alpha value is -2.96. The highest BCUT2D eigenvalue weighted by atomic mass is 16.2. The third kappa shape index (κ3) is 2.82. The molecule has 4 rings (SSSR count). The Morgan fingerprint density at radius 2 is 1.96 bits per heavy atom. The molecule has 128 valence electrons. The number of likely N-dealkylation sites (tertiary alicyclic amines) is 1. The Bertz CT molecular complexity index is 891. The maximum Gasteiger partial charge on any atom is 0.272 e. The molecule has 0 spiro atoms. The zero-order chi connectivity index (χ0) is 17.4. The first kappa shape index (κ1) is 15.6. The van der Waals surface area contributed by atoms with Crippen molar-refractivity contribution in [1.82, 2.24) is 29.2 Å². The van der Waals surface area contributed by atoms with Crippen molar-refractivity contribution in [3.8, 4) is 11.4 Å². The van der Waals surface area contributed by atoms with Gasteiger partial charge >= 0.3 is 0 Å². The molecule has 1 fully saturated rings. The summed E-state index contributed by atoms with van der Waals surface area (Å²) in [6, 6.07) is 5.70. The van der Waals surface area contributed by atoms with E-state index in [2.05, 4.69) is 26.6 Å². The Kier molecular flexibility index (Phi) is 3.83. The second kappa shape index (κ2) is 6.16. The SMILES string of the molecule is Cc1cnc(-c2ccncc2)n1CC1CN(C(=O)c2ccnn2C)C1. The molecule has 0 radical (unpaired) electrons. The molecule has 0 saturated carbocycles. The lowest BCUT2D eigenvalue weighted by Crippen LogP contribution is -2.51. The van der Waals surface area contributed by atoms with Gasteiger partial charge in [0.1, 0.15) is 11.5 Å². The van der Waals surface area contributed by atoms with Crippen LogP contribution in [0.2, 0.25) is 0 Å². The number of pyridine rings is 1. The van der Waals surface area contributed by atoms with E-state index in [-0.39, 0.29) is 5.91 Å². The molecule has 1 amide bonds. The molecule has 3 aromatic heterocycles. The van der Waals surface area contributed by atoms with Gasteiger partial charge < -0.3 is 9.47 Å². The normalized spacial score (nSPS) is 14.6. The largest absolute Gasteiger partial charge is 0.336 e. The van der Waals surface area contributed by atoms with Crippen LogP contribution in [0.4, 0.5) is 0 Å². The van der Waals surface area contributed by atoms with E-state index in [1.165, 1.54) is 0 Å². The highest BCUT2D eigenvalue weighted by Crippen LogP contribution is 2.25. The van der Waals surface area contributed by atoms with Gasteiger partial charge in [0.05, 0.1) is 0 Å². The average molecular weight is 336 g/mol. The van der Waals surface area contributed by atoms with Gasteiger partial charge in [-0.15, -0.1) is 0 Å². The van der Waals surface area contributed by atoms with Crippen molar-refractivity contribution in [3.05, 3.63) is 54.4 Å². The van der Waals surface area contributed by atoms with Gasteiger partial charge in [0.15, 0.2) is 0 Å². The van der Waals surface area contributed by atoms with Gasteiger partial charge in [0.2, 0.25) is 0 Å². The molecule has 0 atom stereocenters. The van der Waals surface area contributed by atoms with E-state index < -0.39 is 0 Å². The minimum absolute atomic E-state index is 0.0490. The van der Waals surface area contributed by atoms with Gasteiger partial charge in [-0.1, -0.05) is 0 Å². The maximum atomic E-state index is 12.5. The second-order valence-corrected chi connectivity index (χ2v) is 6.49. The smallest absolute Gasteiger partial charge is 0.272 e. The minimum atomic E-state index is 0.0490. The van der Waals surface area contributed by atoms with Gasteiger partial charge in [0, 0.05) is 68.6 Å². The molecule has 0 bridgehead atoms. The van der Waals surface area contributed by atoms with E-state index >= 15 is 0 Å². The molecule has 0 N–H and O–H groups in total. The van der Waals surface area contributed by atoms with E-state index in [4.69, 9.17) is 0 Å². The highest BCUT2D eigenvalue weighted by molar-refractivity contribution is 5.93. The number of aromatic nitrogens is 5. The Morgan fingerprint density at radius 1 is 1.20 bits per heavy atom. The van der Waals surface area contributed by atoms with Gasteiger partial charge in [0.25, 0.3) is 5.91 Å². The highest BCUT2D eigenvalue weighted by Gasteiger charge is 2.33. The van der Waals surface area contributed by atoms with Crippen molar-refractivity contribution >= 4 is 5.91 Å². The first-order valence-electron chi connectivity index (χ1n) is 8.33. The summed E-state index contributed by atoms with van der Waals surface area (Å²) in [4.78, 5) is 22.9. The number of carbonyl (C=O) groups is 1. The molecule has 1 aliphatic rings. The first-order valence-corrected chi connectivity index (χ1v) is 8.33. The summed E-state index contributed by atoms with van der Waals surface area (Å²) < 4.78 is 3.85. The number of imidazole rings is 1. The fraction of sp³-hybridized carbons (Fsp3) is 0.333. The van der Waals surface area contributed by atoms with Gasteiger partial charge in [-0.25, -0.2) is 4.98 Å². The van der Waals surface area contributed by atoms with Crippen molar-refractivity contribution in [2.75, 3.05) is 13.1 Å². The first-order chi connectivity index (χ1) is 12.1. The summed E-state index contributed by atoms with van der Waals surface area (Å²) in [7, 11) is 1.79. The summed E-state index contributed by atoms with van der Waals surface area (Å²) in [5.41, 5.74) is 2.82. The van der Waals surface area contributed by atoms with Crippen molar-refractivity contribution < 1.29 is 4.79 Å². The molecule has 1 aliphatic heterocycles. The fourth-order valence-corrected chi connectivity index (χ4v) is 3.28. The van der Waals surface area contributed by atoms with Crippen molar-refractivity contribution in [3.63, 3.8) is 0 Å². The summed E-state index contributed by atoms with van der Waals surface area (Å²) in [6.07, 6.45) is 7.11. The molecule has 0 aromatic carbocycles. The molecule has 7 heteroatoms. The number of aryl methyl sites for hydroxylation is 2. The van der Waals surface area contributed by atoms with Crippen LogP contribution in [-0.4, -0.2) is 48.2 Å². The van der Waals surface area contributed by atoms with Crippen LogP contribution in [0.3, 0.4) is 0 Å². The lowest BCUT2D eigenvalue weighted by atomic mass is 9.99. The van der Waals surface area contributed by atoms with Gasteiger partial charge in [-0.05, 0) is 25.1 Å². The summed E-state index contributed by atoms with van der Waals surface area (Å²) in [5.74, 6) is 1.44. The number of rotatable bonds is 4. The van der Waals surface area contributed by atoms with Crippen LogP contribution < -0.4 is 0 Å². The molecule has 0 unspecified atom stereocenters. The van der Waals surface area contributed by atoms with Crippen LogP contribution in [0.25, 0.3) is 11.4 Å². The Balaban J connectivity index is 1.45. The van der Waals surface area contributed by atoms with Crippen LogP contribution in [0.5, 0.6) is 0 Å². The number of nitrogens with zero attached hydrogens (tertiary/aromatic N) is 6. The average Bonchev–Trinajstić information content (AvgIpc) is 3.17. The van der Waals surface area contributed by atoms with Crippen LogP contribution in [0.15, 0.2) is 43.0 Å². The van der Waals surface area contributed by atoms with E-state index in [9.17, 15) is 4.79 Å². The third-order valence-electron chi connectivity index (χ3n) is 4.72. The van der Waals surface area contributed by atoms with E-state index in [0.717, 1.165) is 36.7 Å². The molecular formula is C18H20N6O. The Morgan fingerprint density at radius 3 is 2.64 bits per heavy atom. The predicted octanol–water partition coefficient (Wildman–Crippen LogP) is 1.76. The van der Waals surface area contributed by atoms with Crippen LogP contribution >= 0.6 is 0 Å². The topological polar surface area (TPSA) is 68.8 Å². The monoisotopic (exact) mass is 336 g/mol. The quantitative estimate of drug-likeness (QED) is 0.728. The molecule has 7 nitrogen and oxygen atoms in total. The summed E-state index contributed by atoms with van der Waals surface area (Å²) in [5, 5.41) is 4.07.